The number of hydrogen-bond donors (Lipinski definition) is 0. The standard InChI is InChI=1S/C21H14.C21H25.C5H5.2ClH.Hf/c1-3-13-20-16(7-1)9-5-11-18(20)15-19-12-6-10-17-8-2-4-14-21(17)19;1-20(2,3)16-7-9-18-14(12-16)11-15-13-17(21(4,5)6)8-10-19(15)18;1-2-4-5-3-1;;;/h1-14H;7-10,12H,11H2,1-6H3;1-3H,4H2;2*1H;. The summed E-state index contributed by atoms with van der Waals surface area (Å²) in [5.41, 5.74) is 11.9. The Morgan fingerprint density at radius 3 is 1.74 bits per heavy atom. The van der Waals surface area contributed by atoms with Gasteiger partial charge in [0.25, 0.3) is 0 Å². The molecule has 0 aromatic heterocycles. The van der Waals surface area contributed by atoms with Crippen LogP contribution in [0.25, 0.3) is 32.7 Å². The van der Waals surface area contributed by atoms with Crippen LogP contribution in [0.5, 0.6) is 0 Å². The van der Waals surface area contributed by atoms with E-state index in [9.17, 15) is 0 Å². The van der Waals surface area contributed by atoms with Crippen molar-refractivity contribution in [2.75, 3.05) is 0 Å². The fourth-order valence-electron chi connectivity index (χ4n) is 8.03. The van der Waals surface area contributed by atoms with Crippen molar-refractivity contribution in [3.05, 3.63) is 170 Å². The molecule has 8 rings (SSSR count). The molecule has 252 valence electrons. The number of halogens is 2. The van der Waals surface area contributed by atoms with Gasteiger partial charge in [-0.2, -0.15) is 0 Å². The Morgan fingerprint density at radius 2 is 1.18 bits per heavy atom. The Balaban J connectivity index is 0.00000216. The van der Waals surface area contributed by atoms with E-state index in [2.05, 4.69) is 175 Å². The van der Waals surface area contributed by atoms with Crippen LogP contribution in [-0.2, 0) is 38.2 Å². The van der Waals surface area contributed by atoms with Crippen LogP contribution in [0.15, 0.2) is 137 Å². The predicted molar refractivity (Wildman–Crippen MR) is 219 cm³/mol. The molecule has 0 aliphatic heterocycles. The van der Waals surface area contributed by atoms with E-state index in [4.69, 9.17) is 0 Å². The maximum Gasteiger partial charge on any atom is -0.147 e. The van der Waals surface area contributed by atoms with E-state index < -0.39 is 21.0 Å². The number of benzene rings is 6. The maximum absolute atomic E-state index is 3.22. The van der Waals surface area contributed by atoms with Crippen LogP contribution >= 0.6 is 24.8 Å². The molecule has 0 saturated carbocycles. The quantitative estimate of drug-likeness (QED) is 0.155. The summed E-state index contributed by atoms with van der Waals surface area (Å²) in [7, 11) is 0. The third-order valence-electron chi connectivity index (χ3n) is 10.5. The largest absolute Gasteiger partial charge is 0.147 e. The molecular weight excluding hydrogens is 814 g/mol. The van der Waals surface area contributed by atoms with Crippen LogP contribution in [0.1, 0.15) is 81.3 Å². The van der Waals surface area contributed by atoms with Crippen molar-refractivity contribution in [3.8, 4) is 11.1 Å². The van der Waals surface area contributed by atoms with E-state index in [0.29, 0.717) is 0 Å². The van der Waals surface area contributed by atoms with Crippen molar-refractivity contribution >= 4 is 52.9 Å². The van der Waals surface area contributed by atoms with Gasteiger partial charge < -0.3 is 0 Å². The molecule has 0 atom stereocenters. The van der Waals surface area contributed by atoms with Crippen LogP contribution in [0.4, 0.5) is 0 Å². The predicted octanol–water partition coefficient (Wildman–Crippen LogP) is 12.4. The molecule has 0 saturated heterocycles. The molecule has 6 aromatic carbocycles. The second kappa shape index (κ2) is 14.0. The third-order valence-corrected chi connectivity index (χ3v) is 21.7. The summed E-state index contributed by atoms with van der Waals surface area (Å²) < 4.78 is 5.01. The molecule has 0 N–H and O–H groups in total. The summed E-state index contributed by atoms with van der Waals surface area (Å²) >= 11 is -3.22. The summed E-state index contributed by atoms with van der Waals surface area (Å²) in [5, 5.41) is 5.35. The van der Waals surface area contributed by atoms with Crippen LogP contribution in [0.2, 0.25) is 0 Å². The van der Waals surface area contributed by atoms with Crippen molar-refractivity contribution in [1.82, 2.24) is 0 Å². The van der Waals surface area contributed by atoms with Crippen LogP contribution < -0.4 is 3.32 Å². The Kier molecular flexibility index (Phi) is 10.2. The van der Waals surface area contributed by atoms with E-state index in [1.54, 1.807) is 15.5 Å². The van der Waals surface area contributed by atoms with Gasteiger partial charge in [-0.05, 0) is 0 Å². The molecule has 0 bridgehead atoms. The van der Waals surface area contributed by atoms with Gasteiger partial charge in [0.2, 0.25) is 0 Å². The van der Waals surface area contributed by atoms with Gasteiger partial charge in [0.1, 0.15) is 0 Å². The molecule has 2 aliphatic carbocycles. The van der Waals surface area contributed by atoms with Gasteiger partial charge in [-0.1, -0.05) is 0 Å². The average Bonchev–Trinajstić information content (AvgIpc) is 3.74. The number of fused-ring (bicyclic) bond motifs is 5. The van der Waals surface area contributed by atoms with Gasteiger partial charge in [0.05, 0.1) is 0 Å². The zero-order valence-electron chi connectivity index (χ0n) is 29.9. The molecule has 3 heteroatoms. The summed E-state index contributed by atoms with van der Waals surface area (Å²) in [6.07, 6.45) is 9.29. The minimum absolute atomic E-state index is 0. The first-order valence-corrected chi connectivity index (χ1v) is 22.9. The van der Waals surface area contributed by atoms with Crippen molar-refractivity contribution in [2.24, 2.45) is 0 Å². The van der Waals surface area contributed by atoms with Gasteiger partial charge in [0.15, 0.2) is 0 Å². The Bertz CT molecular complexity index is 2270. The summed E-state index contributed by atoms with van der Waals surface area (Å²) in [6.45, 7) is 14.3. The number of rotatable bonds is 4. The molecule has 0 fully saturated rings. The molecular formula is C47H46Cl2Hf. The van der Waals surface area contributed by atoms with Crippen LogP contribution in [0.3, 0.4) is 0 Å². The van der Waals surface area contributed by atoms with Gasteiger partial charge in [-0.3, -0.25) is 0 Å². The SMILES string of the molecule is CC(C)(C)c1ccc2c(c1)Cc1c-2ccc(C(C)(C)C)[c]1[Hf]([C]1=CC=CC1)=[C](c1cccc2ccccc12)c1cccc2ccccc12.Cl.Cl. The molecule has 0 nitrogen and oxygen atoms in total. The van der Waals surface area contributed by atoms with E-state index in [0.717, 1.165) is 12.8 Å². The fourth-order valence-corrected chi connectivity index (χ4v) is 21.3. The normalized spacial score (nSPS) is 13.4. The molecule has 0 heterocycles. The first-order chi connectivity index (χ1) is 23.1. The van der Waals surface area contributed by atoms with Crippen LogP contribution in [0, 0.1) is 0 Å². The second-order valence-electron chi connectivity index (χ2n) is 15.7. The minimum atomic E-state index is -3.22. The molecule has 0 spiro atoms. The zero-order chi connectivity index (χ0) is 33.2. The maximum atomic E-state index is 2.51. The van der Waals surface area contributed by atoms with Crippen molar-refractivity contribution in [1.29, 1.82) is 0 Å². The van der Waals surface area contributed by atoms with Gasteiger partial charge in [-0.15, -0.1) is 24.8 Å². The monoisotopic (exact) mass is 860 g/mol. The summed E-state index contributed by atoms with van der Waals surface area (Å²) in [5.74, 6) is 0. The number of hydrogen-bond acceptors (Lipinski definition) is 0. The molecule has 2 aliphatic rings. The molecule has 50 heavy (non-hydrogen) atoms. The molecule has 0 unspecified atom stereocenters. The third kappa shape index (κ3) is 6.36. The van der Waals surface area contributed by atoms with Gasteiger partial charge in [-0.25, -0.2) is 0 Å². The van der Waals surface area contributed by atoms with E-state index in [1.165, 1.54) is 60.5 Å². The smallest absolute Gasteiger partial charge is 0.147 e. The number of allylic oxidation sites excluding steroid dienone is 4. The first kappa shape index (κ1) is 36.4. The van der Waals surface area contributed by atoms with E-state index in [1.807, 2.05) is 0 Å². The summed E-state index contributed by atoms with van der Waals surface area (Å²) in [4.78, 5) is 0. The minimum Gasteiger partial charge on any atom is -0.147 e. The zero-order valence-corrected chi connectivity index (χ0v) is 35.2. The van der Waals surface area contributed by atoms with Crippen LogP contribution in [-0.4, -0.2) is 3.26 Å². The van der Waals surface area contributed by atoms with Crippen molar-refractivity contribution < 1.29 is 21.0 Å². The molecule has 6 aromatic rings. The Labute approximate surface area is 318 Å². The van der Waals surface area contributed by atoms with E-state index in [-0.39, 0.29) is 35.6 Å². The topological polar surface area (TPSA) is 0 Å². The van der Waals surface area contributed by atoms with Crippen molar-refractivity contribution in [3.63, 3.8) is 0 Å². The van der Waals surface area contributed by atoms with E-state index >= 15 is 0 Å². The average molecular weight is 860 g/mol. The second-order valence-corrected chi connectivity index (χ2v) is 24.3. The van der Waals surface area contributed by atoms with Gasteiger partial charge >= 0.3 is 296 Å². The molecule has 0 radical (unpaired) electrons. The first-order valence-electron chi connectivity index (χ1n) is 17.5. The Hall–Kier alpha value is -3.36. The van der Waals surface area contributed by atoms with Crippen molar-refractivity contribution in [2.45, 2.75) is 65.2 Å². The molecule has 0 amide bonds. The van der Waals surface area contributed by atoms with Gasteiger partial charge in [0, 0.05) is 0 Å². The fraction of sp³-hybridized carbons (Fsp3) is 0.213. The Morgan fingerprint density at radius 1 is 0.600 bits per heavy atom. The summed E-state index contributed by atoms with van der Waals surface area (Å²) in [6, 6.07) is 44.3.